The fourth-order valence-corrected chi connectivity index (χ4v) is 1.80. The average molecular weight is 192 g/mol. The molecule has 1 atom stereocenters. The van der Waals surface area contributed by atoms with Gasteiger partial charge in [-0.2, -0.15) is 0 Å². The first-order valence-corrected chi connectivity index (χ1v) is 5.57. The maximum Gasteiger partial charge on any atom is 0.0719 e. The fraction of sp³-hybridized carbons (Fsp3) is 0.538. The van der Waals surface area contributed by atoms with Gasteiger partial charge in [-0.3, -0.25) is 0 Å². The molecule has 0 saturated heterocycles. The van der Waals surface area contributed by atoms with E-state index in [1.165, 1.54) is 17.5 Å². The number of benzene rings is 1. The van der Waals surface area contributed by atoms with Crippen LogP contribution in [0, 0.1) is 0 Å². The van der Waals surface area contributed by atoms with Crippen LogP contribution in [0.15, 0.2) is 24.3 Å². The van der Waals surface area contributed by atoms with Gasteiger partial charge in [-0.05, 0) is 17.5 Å². The molecule has 0 amide bonds. The molecule has 1 aliphatic rings. The van der Waals surface area contributed by atoms with Crippen LogP contribution < -0.4 is 0 Å². The molecule has 78 valence electrons. The van der Waals surface area contributed by atoms with Crippen LogP contribution in [0.5, 0.6) is 0 Å². The van der Waals surface area contributed by atoms with Crippen LogP contribution in [-0.2, 0) is 11.3 Å². The summed E-state index contributed by atoms with van der Waals surface area (Å²) in [4.78, 5) is 0. The highest BCUT2D eigenvalue weighted by Gasteiger charge is 2.17. The Kier molecular flexibility index (Phi) is 4.68. The highest BCUT2D eigenvalue weighted by molar-refractivity contribution is 5.31. The Bertz CT molecular complexity index is 268. The minimum Gasteiger partial charge on any atom is -0.376 e. The minimum absolute atomic E-state index is 0.620. The lowest BCUT2D eigenvalue weighted by Crippen LogP contribution is -2.15. The largest absolute Gasteiger partial charge is 0.376 e. The second-order valence-electron chi connectivity index (χ2n) is 3.32. The van der Waals surface area contributed by atoms with Gasteiger partial charge in [0.15, 0.2) is 0 Å². The molecule has 0 aromatic heterocycles. The second kappa shape index (κ2) is 5.82. The molecule has 0 bridgehead atoms. The Morgan fingerprint density at radius 1 is 1.29 bits per heavy atom. The zero-order valence-corrected chi connectivity index (χ0v) is 9.42. The molecule has 0 spiro atoms. The van der Waals surface area contributed by atoms with Crippen LogP contribution in [0.25, 0.3) is 0 Å². The number of ether oxygens (including phenoxy) is 1. The highest BCUT2D eigenvalue weighted by atomic mass is 16.5. The molecule has 2 rings (SSSR count). The first kappa shape index (κ1) is 11.3. The van der Waals surface area contributed by atoms with Crippen molar-refractivity contribution in [3.8, 4) is 0 Å². The van der Waals surface area contributed by atoms with Crippen molar-refractivity contribution in [2.45, 2.75) is 39.7 Å². The first-order valence-electron chi connectivity index (χ1n) is 5.57. The van der Waals surface area contributed by atoms with Crippen molar-refractivity contribution in [1.82, 2.24) is 0 Å². The smallest absolute Gasteiger partial charge is 0.0719 e. The monoisotopic (exact) mass is 192 g/mol. The number of rotatable bonds is 1. The van der Waals surface area contributed by atoms with E-state index in [-0.39, 0.29) is 0 Å². The van der Waals surface area contributed by atoms with Gasteiger partial charge in [0.05, 0.1) is 13.2 Å². The Hall–Kier alpha value is -0.820. The standard InChI is InChI=1S/C11H14O.C2H6/c1-2-9-7-12-8-10-5-3-4-6-11(9)10;1-2/h3-6,9H,2,7-8H2,1H3;1-2H3. The predicted octanol–water partition coefficient (Wildman–Crippen LogP) is 3.74. The first-order chi connectivity index (χ1) is 6.92. The summed E-state index contributed by atoms with van der Waals surface area (Å²) in [7, 11) is 0. The molecular formula is C13H20O. The maximum absolute atomic E-state index is 5.50. The third-order valence-corrected chi connectivity index (χ3v) is 2.56. The van der Waals surface area contributed by atoms with Crippen molar-refractivity contribution >= 4 is 0 Å². The van der Waals surface area contributed by atoms with Crippen molar-refractivity contribution in [2.24, 2.45) is 0 Å². The van der Waals surface area contributed by atoms with Gasteiger partial charge < -0.3 is 4.74 Å². The molecule has 0 fully saturated rings. The second-order valence-corrected chi connectivity index (χ2v) is 3.32. The molecule has 1 heterocycles. The summed E-state index contributed by atoms with van der Waals surface area (Å²) in [6, 6.07) is 8.59. The van der Waals surface area contributed by atoms with Crippen LogP contribution in [-0.4, -0.2) is 6.61 Å². The van der Waals surface area contributed by atoms with Crippen molar-refractivity contribution in [3.05, 3.63) is 35.4 Å². The molecule has 14 heavy (non-hydrogen) atoms. The fourth-order valence-electron chi connectivity index (χ4n) is 1.80. The number of hydrogen-bond donors (Lipinski definition) is 0. The van der Waals surface area contributed by atoms with E-state index < -0.39 is 0 Å². The van der Waals surface area contributed by atoms with Gasteiger partial charge in [0, 0.05) is 5.92 Å². The summed E-state index contributed by atoms with van der Waals surface area (Å²) in [6.07, 6.45) is 1.18. The topological polar surface area (TPSA) is 9.23 Å². The lowest BCUT2D eigenvalue weighted by atomic mass is 9.91. The predicted molar refractivity (Wildman–Crippen MR) is 60.5 cm³/mol. The minimum atomic E-state index is 0.620. The number of fused-ring (bicyclic) bond motifs is 1. The average Bonchev–Trinajstić information content (AvgIpc) is 2.31. The van der Waals surface area contributed by atoms with Gasteiger partial charge in [0.1, 0.15) is 0 Å². The third kappa shape index (κ3) is 2.36. The normalized spacial score (nSPS) is 19.2. The summed E-state index contributed by atoms with van der Waals surface area (Å²) in [5.41, 5.74) is 2.86. The molecule has 0 aliphatic carbocycles. The van der Waals surface area contributed by atoms with E-state index in [2.05, 4.69) is 31.2 Å². The molecular weight excluding hydrogens is 172 g/mol. The highest BCUT2D eigenvalue weighted by Crippen LogP contribution is 2.28. The maximum atomic E-state index is 5.50. The van der Waals surface area contributed by atoms with Crippen LogP contribution in [0.4, 0.5) is 0 Å². The van der Waals surface area contributed by atoms with Gasteiger partial charge in [0.2, 0.25) is 0 Å². The Morgan fingerprint density at radius 2 is 2.00 bits per heavy atom. The SMILES string of the molecule is CC.CCC1COCc2ccccc21. The van der Waals surface area contributed by atoms with Gasteiger partial charge in [0.25, 0.3) is 0 Å². The summed E-state index contributed by atoms with van der Waals surface area (Å²) in [5, 5.41) is 0. The lowest BCUT2D eigenvalue weighted by molar-refractivity contribution is 0.0900. The van der Waals surface area contributed by atoms with Gasteiger partial charge in [-0.25, -0.2) is 0 Å². The van der Waals surface area contributed by atoms with E-state index in [9.17, 15) is 0 Å². The van der Waals surface area contributed by atoms with Crippen molar-refractivity contribution in [2.75, 3.05) is 6.61 Å². The lowest BCUT2D eigenvalue weighted by Gasteiger charge is -2.24. The van der Waals surface area contributed by atoms with Crippen molar-refractivity contribution in [1.29, 1.82) is 0 Å². The van der Waals surface area contributed by atoms with Crippen LogP contribution in [0.1, 0.15) is 44.2 Å². The van der Waals surface area contributed by atoms with Crippen LogP contribution >= 0.6 is 0 Å². The van der Waals surface area contributed by atoms with Gasteiger partial charge in [-0.15, -0.1) is 0 Å². The summed E-state index contributed by atoms with van der Waals surface area (Å²) >= 11 is 0. The molecule has 1 aliphatic heterocycles. The molecule has 1 aromatic rings. The molecule has 0 N–H and O–H groups in total. The van der Waals surface area contributed by atoms with E-state index >= 15 is 0 Å². The van der Waals surface area contributed by atoms with Gasteiger partial charge in [-0.1, -0.05) is 45.0 Å². The summed E-state index contributed by atoms with van der Waals surface area (Å²) < 4.78 is 5.50. The molecule has 1 aromatic carbocycles. The third-order valence-electron chi connectivity index (χ3n) is 2.56. The summed E-state index contributed by atoms with van der Waals surface area (Å²) in [6.45, 7) is 7.91. The zero-order chi connectivity index (χ0) is 10.4. The van der Waals surface area contributed by atoms with E-state index in [1.807, 2.05) is 13.8 Å². The molecule has 0 saturated carbocycles. The van der Waals surface area contributed by atoms with E-state index in [0.717, 1.165) is 13.2 Å². The Labute approximate surface area is 87.1 Å². The van der Waals surface area contributed by atoms with Gasteiger partial charge >= 0.3 is 0 Å². The number of hydrogen-bond acceptors (Lipinski definition) is 1. The van der Waals surface area contributed by atoms with E-state index in [4.69, 9.17) is 4.74 Å². The molecule has 1 heteroatoms. The molecule has 0 radical (unpaired) electrons. The van der Waals surface area contributed by atoms with E-state index in [1.54, 1.807) is 0 Å². The molecule has 1 unspecified atom stereocenters. The van der Waals surface area contributed by atoms with E-state index in [0.29, 0.717) is 5.92 Å². The van der Waals surface area contributed by atoms with Crippen molar-refractivity contribution < 1.29 is 4.74 Å². The Morgan fingerprint density at radius 3 is 2.71 bits per heavy atom. The van der Waals surface area contributed by atoms with Crippen LogP contribution in [0.2, 0.25) is 0 Å². The summed E-state index contributed by atoms with van der Waals surface area (Å²) in [5.74, 6) is 0.620. The quantitative estimate of drug-likeness (QED) is 0.658. The van der Waals surface area contributed by atoms with Crippen molar-refractivity contribution in [3.63, 3.8) is 0 Å². The zero-order valence-electron chi connectivity index (χ0n) is 9.42. The Balaban J connectivity index is 0.000000461. The molecule has 1 nitrogen and oxygen atoms in total. The van der Waals surface area contributed by atoms with Crippen LogP contribution in [0.3, 0.4) is 0 Å².